The molecule has 2 rings (SSSR count). The van der Waals surface area contributed by atoms with Crippen LogP contribution in [0.2, 0.25) is 0 Å². The molecular formula is C11H10NO4PS2. The fraction of sp³-hybridized carbons (Fsp3) is 0.182. The number of carbonyl (C=O) groups is 3. The van der Waals surface area contributed by atoms with Gasteiger partial charge in [0.15, 0.2) is 11.5 Å². The fourth-order valence-electron chi connectivity index (χ4n) is 1.62. The van der Waals surface area contributed by atoms with Crippen LogP contribution < -0.4 is 0 Å². The first-order chi connectivity index (χ1) is 9.02. The lowest BCUT2D eigenvalue weighted by Gasteiger charge is -2.17. The molecule has 0 fully saturated rings. The van der Waals surface area contributed by atoms with Crippen LogP contribution in [0.15, 0.2) is 24.3 Å². The summed E-state index contributed by atoms with van der Waals surface area (Å²) in [6.45, 7) is 0. The van der Waals surface area contributed by atoms with Gasteiger partial charge in [-0.15, -0.1) is 0 Å². The Morgan fingerprint density at radius 2 is 1.84 bits per heavy atom. The van der Waals surface area contributed by atoms with Gasteiger partial charge in [-0.3, -0.25) is 19.3 Å². The van der Waals surface area contributed by atoms with E-state index in [-0.39, 0.29) is 17.7 Å². The first-order valence-corrected chi connectivity index (χ1v) is 9.62. The van der Waals surface area contributed by atoms with Crippen molar-refractivity contribution in [3.63, 3.8) is 0 Å². The first kappa shape index (κ1) is 14.4. The van der Waals surface area contributed by atoms with Gasteiger partial charge in [0.25, 0.3) is 11.8 Å². The van der Waals surface area contributed by atoms with Gasteiger partial charge in [-0.25, -0.2) is 0 Å². The van der Waals surface area contributed by atoms with Crippen molar-refractivity contribution in [2.24, 2.45) is 0 Å². The summed E-state index contributed by atoms with van der Waals surface area (Å²) in [4.78, 5) is 36.0. The van der Waals surface area contributed by atoms with Gasteiger partial charge in [0.05, 0.1) is 17.0 Å². The van der Waals surface area contributed by atoms with Gasteiger partial charge in [0.1, 0.15) is 0 Å². The number of hydrogen-bond acceptors (Lipinski definition) is 6. The number of amides is 2. The van der Waals surface area contributed by atoms with Crippen molar-refractivity contribution in [2.75, 3.05) is 13.0 Å². The summed E-state index contributed by atoms with van der Waals surface area (Å²) in [5.74, 6) is -0.704. The van der Waals surface area contributed by atoms with Gasteiger partial charge in [0.2, 0.25) is 0 Å². The van der Waals surface area contributed by atoms with Crippen molar-refractivity contribution < 1.29 is 18.9 Å². The van der Waals surface area contributed by atoms with Crippen molar-refractivity contribution >= 4 is 46.5 Å². The van der Waals surface area contributed by atoms with Crippen LogP contribution in [0.3, 0.4) is 0 Å². The first-order valence-electron chi connectivity index (χ1n) is 5.24. The molecule has 8 heteroatoms. The van der Waals surface area contributed by atoms with Crippen LogP contribution >= 0.6 is 16.8 Å². The van der Waals surface area contributed by atoms with E-state index in [0.29, 0.717) is 17.2 Å². The third-order valence-electron chi connectivity index (χ3n) is 2.63. The summed E-state index contributed by atoms with van der Waals surface area (Å²) in [6.07, 6.45) is 0. The van der Waals surface area contributed by atoms with E-state index in [1.54, 1.807) is 24.3 Å². The molecule has 0 aromatic heterocycles. The second-order valence-electron chi connectivity index (χ2n) is 3.67. The number of fused-ring (bicyclic) bond motifs is 1. The Bertz CT molecular complexity index is 569. The van der Waals surface area contributed by atoms with Crippen molar-refractivity contribution in [1.29, 1.82) is 0 Å². The minimum absolute atomic E-state index is 0.0240. The van der Waals surface area contributed by atoms with E-state index in [2.05, 4.69) is 0 Å². The van der Waals surface area contributed by atoms with Crippen molar-refractivity contribution in [3.8, 4) is 0 Å². The van der Waals surface area contributed by atoms with Gasteiger partial charge in [-0.05, 0) is 23.9 Å². The molecule has 1 aliphatic rings. The molecule has 1 atom stereocenters. The van der Waals surface area contributed by atoms with Crippen molar-refractivity contribution in [1.82, 2.24) is 4.90 Å². The zero-order valence-corrected chi connectivity index (χ0v) is 12.5. The Morgan fingerprint density at radius 1 is 1.32 bits per heavy atom. The molecule has 19 heavy (non-hydrogen) atoms. The van der Waals surface area contributed by atoms with Gasteiger partial charge >= 0.3 is 0 Å². The van der Waals surface area contributed by atoms with E-state index < -0.39 is 5.47 Å². The molecule has 100 valence electrons. The topological polar surface area (TPSA) is 63.7 Å². The van der Waals surface area contributed by atoms with Crippen LogP contribution in [0.25, 0.3) is 0 Å². The van der Waals surface area contributed by atoms with Gasteiger partial charge in [-0.1, -0.05) is 23.5 Å². The highest BCUT2D eigenvalue weighted by Gasteiger charge is 2.36. The monoisotopic (exact) mass is 315 g/mol. The molecule has 1 aromatic carbocycles. The summed E-state index contributed by atoms with van der Waals surface area (Å²) in [5.41, 5.74) is -1.90. The predicted molar refractivity (Wildman–Crippen MR) is 77.4 cm³/mol. The fourth-order valence-corrected chi connectivity index (χ4v) is 4.14. The maximum absolute atomic E-state index is 12.0. The molecule has 1 aromatic rings. The zero-order valence-electron chi connectivity index (χ0n) is 9.94. The van der Waals surface area contributed by atoms with E-state index in [9.17, 15) is 14.4 Å². The molecule has 0 saturated heterocycles. The summed E-state index contributed by atoms with van der Waals surface area (Å²) in [6, 6.07) is 7.18. The Balaban J connectivity index is 2.17. The second kappa shape index (κ2) is 5.54. The maximum atomic E-state index is 12.0. The molecular weight excluding hydrogens is 305 g/mol. The number of imide groups is 1. The van der Waals surface area contributed by atoms with Crippen molar-refractivity contribution in [3.05, 3.63) is 35.4 Å². The van der Waals surface area contributed by atoms with E-state index in [1.165, 1.54) is 7.11 Å². The molecule has 1 aliphatic heterocycles. The average molecular weight is 315 g/mol. The quantitative estimate of drug-likeness (QED) is 0.471. The normalized spacial score (nSPS) is 17.2. The number of nitrogens with zero attached hydrogens (tertiary/aromatic N) is 1. The Hall–Kier alpha value is -1.01. The molecule has 5 nitrogen and oxygen atoms in total. The summed E-state index contributed by atoms with van der Waals surface area (Å²) in [7, 11) is 1.35. The van der Waals surface area contributed by atoms with Crippen LogP contribution in [0.4, 0.5) is 0 Å². The molecule has 0 N–H and O–H groups in total. The van der Waals surface area contributed by atoms with E-state index in [0.717, 1.165) is 16.3 Å². The van der Waals surface area contributed by atoms with Crippen LogP contribution in [-0.2, 0) is 21.1 Å². The van der Waals surface area contributed by atoms with Crippen LogP contribution in [0, 0.1) is 0 Å². The number of rotatable bonds is 5. The second-order valence-corrected chi connectivity index (χ2v) is 10.6. The summed E-state index contributed by atoms with van der Waals surface area (Å²) < 4.78 is 4.97. The van der Waals surface area contributed by atoms with Gasteiger partial charge < -0.3 is 4.52 Å². The molecule has 0 bridgehead atoms. The molecule has 2 amide bonds. The summed E-state index contributed by atoms with van der Waals surface area (Å²) in [5, 5.41) is 0. The molecule has 0 spiro atoms. The molecule has 1 heterocycles. The lowest BCUT2D eigenvalue weighted by Crippen LogP contribution is -2.29. The largest absolute Gasteiger partial charge is 0.340 e. The highest BCUT2D eigenvalue weighted by molar-refractivity contribution is 8.73. The van der Waals surface area contributed by atoms with Crippen LogP contribution in [0.1, 0.15) is 20.7 Å². The number of carbonyl (C=O) groups excluding carboxylic acids is 3. The lowest BCUT2D eigenvalue weighted by molar-refractivity contribution is 0.0684. The SMILES string of the molecule is COP(=S)(C=O)SCN1C(=O)c2ccccc2C1=O. The average Bonchev–Trinajstić information content (AvgIpc) is 2.69. The third kappa shape index (κ3) is 2.65. The number of hydrogen-bond donors (Lipinski definition) is 0. The Labute approximate surface area is 119 Å². The highest BCUT2D eigenvalue weighted by atomic mass is 32.9. The number of benzene rings is 1. The lowest BCUT2D eigenvalue weighted by atomic mass is 10.1. The molecule has 0 aliphatic carbocycles. The predicted octanol–water partition coefficient (Wildman–Crippen LogP) is 2.12. The highest BCUT2D eigenvalue weighted by Crippen LogP contribution is 2.56. The minimum atomic E-state index is -2.66. The van der Waals surface area contributed by atoms with E-state index >= 15 is 0 Å². The standard InChI is InChI=1S/C11H10NO4PS2/c1-16-17(18,7-13)19-6-12-10(14)8-4-2-3-5-9(8)11(12)15/h2-5,7H,6H2,1H3. The molecule has 0 radical (unpaired) electrons. The van der Waals surface area contributed by atoms with Crippen LogP contribution in [0.5, 0.6) is 0 Å². The van der Waals surface area contributed by atoms with Crippen molar-refractivity contribution in [2.45, 2.75) is 0 Å². The minimum Gasteiger partial charge on any atom is -0.340 e. The third-order valence-corrected chi connectivity index (χ3v) is 7.91. The summed E-state index contributed by atoms with van der Waals surface area (Å²) >= 11 is 6.06. The van der Waals surface area contributed by atoms with Gasteiger partial charge in [0, 0.05) is 7.11 Å². The molecule has 0 saturated carbocycles. The maximum Gasteiger partial charge on any atom is 0.262 e. The molecule has 1 unspecified atom stereocenters. The van der Waals surface area contributed by atoms with Crippen LogP contribution in [-0.4, -0.2) is 35.7 Å². The zero-order chi connectivity index (χ0) is 14.0. The van der Waals surface area contributed by atoms with E-state index in [4.69, 9.17) is 16.3 Å². The van der Waals surface area contributed by atoms with Gasteiger partial charge in [-0.2, -0.15) is 0 Å². The Morgan fingerprint density at radius 3 is 2.26 bits per heavy atom. The Kier molecular flexibility index (Phi) is 4.20. The smallest absolute Gasteiger partial charge is 0.262 e. The van der Waals surface area contributed by atoms with E-state index in [1.807, 2.05) is 0 Å².